The molecule has 2 N–H and O–H groups in total. The minimum atomic E-state index is -0.489. The van der Waals surface area contributed by atoms with Gasteiger partial charge in [0.1, 0.15) is 11.6 Å². The number of carbonyl (C=O) groups excluding carboxylic acids is 1. The number of hydrogen-bond acceptors (Lipinski definition) is 2. The van der Waals surface area contributed by atoms with E-state index in [1.54, 1.807) is 18.2 Å². The van der Waals surface area contributed by atoms with Crippen LogP contribution in [0, 0.1) is 5.82 Å². The van der Waals surface area contributed by atoms with Crippen LogP contribution in [0.25, 0.3) is 0 Å². The molecule has 5 heteroatoms. The number of phenolic OH excluding ortho intramolecular Hbond substituents is 1. The minimum absolute atomic E-state index is 0.0492. The Kier molecular flexibility index (Phi) is 4.02. The van der Waals surface area contributed by atoms with Crippen molar-refractivity contribution in [1.82, 2.24) is 5.32 Å². The number of phenols is 1. The van der Waals surface area contributed by atoms with Crippen LogP contribution < -0.4 is 5.32 Å². The quantitative estimate of drug-likeness (QED) is 0.907. The minimum Gasteiger partial charge on any atom is -0.507 e. The summed E-state index contributed by atoms with van der Waals surface area (Å²) in [7, 11) is 0. The smallest absolute Gasteiger partial charge is 0.255 e. The summed E-state index contributed by atoms with van der Waals surface area (Å²) in [5.41, 5.74) is 0.477. The van der Waals surface area contributed by atoms with Crippen molar-refractivity contribution in [2.45, 2.75) is 6.54 Å². The fraction of sp³-hybridized carbons (Fsp3) is 0.0714. The summed E-state index contributed by atoms with van der Waals surface area (Å²) >= 11 is 5.67. The molecule has 0 aromatic heterocycles. The maximum Gasteiger partial charge on any atom is 0.255 e. The molecule has 0 aliphatic heterocycles. The molecule has 2 rings (SSSR count). The van der Waals surface area contributed by atoms with E-state index in [-0.39, 0.29) is 23.7 Å². The molecule has 0 fully saturated rings. The average Bonchev–Trinajstić information content (AvgIpc) is 2.37. The summed E-state index contributed by atoms with van der Waals surface area (Å²) < 4.78 is 13.4. The zero-order valence-corrected chi connectivity index (χ0v) is 10.6. The number of halogens is 2. The largest absolute Gasteiger partial charge is 0.507 e. The van der Waals surface area contributed by atoms with Gasteiger partial charge in [-0.05, 0) is 24.3 Å². The summed E-state index contributed by atoms with van der Waals surface area (Å²) in [6.07, 6.45) is 0. The van der Waals surface area contributed by atoms with E-state index in [9.17, 15) is 14.3 Å². The number of aromatic hydroxyl groups is 1. The fourth-order valence-electron chi connectivity index (χ4n) is 1.61. The molecule has 2 aromatic carbocycles. The third-order valence-electron chi connectivity index (χ3n) is 2.60. The van der Waals surface area contributed by atoms with Gasteiger partial charge in [0.05, 0.1) is 5.56 Å². The van der Waals surface area contributed by atoms with Crippen molar-refractivity contribution in [2.24, 2.45) is 0 Å². The Labute approximate surface area is 114 Å². The van der Waals surface area contributed by atoms with Gasteiger partial charge in [0.15, 0.2) is 0 Å². The van der Waals surface area contributed by atoms with E-state index >= 15 is 0 Å². The maximum atomic E-state index is 13.4. The van der Waals surface area contributed by atoms with Crippen LogP contribution in [-0.2, 0) is 6.54 Å². The van der Waals surface area contributed by atoms with Crippen LogP contribution in [0.1, 0.15) is 15.9 Å². The van der Waals surface area contributed by atoms with Crippen molar-refractivity contribution >= 4 is 17.5 Å². The monoisotopic (exact) mass is 279 g/mol. The van der Waals surface area contributed by atoms with Crippen molar-refractivity contribution in [3.8, 4) is 5.75 Å². The molecule has 0 unspecified atom stereocenters. The molecule has 2 aromatic rings. The first-order chi connectivity index (χ1) is 9.08. The van der Waals surface area contributed by atoms with Crippen LogP contribution in [0.4, 0.5) is 4.39 Å². The second kappa shape index (κ2) is 5.71. The Bertz CT molecular complexity index is 616. The van der Waals surface area contributed by atoms with Gasteiger partial charge in [-0.25, -0.2) is 4.39 Å². The highest BCUT2D eigenvalue weighted by Gasteiger charge is 2.11. The number of rotatable bonds is 3. The van der Waals surface area contributed by atoms with Crippen molar-refractivity contribution in [2.75, 3.05) is 0 Å². The third-order valence-corrected chi connectivity index (χ3v) is 2.84. The highest BCUT2D eigenvalue weighted by molar-refractivity contribution is 6.30. The Hall–Kier alpha value is -2.07. The molecule has 0 aliphatic rings. The molecule has 1 amide bonds. The lowest BCUT2D eigenvalue weighted by Crippen LogP contribution is -2.23. The highest BCUT2D eigenvalue weighted by atomic mass is 35.5. The number of carbonyl (C=O) groups is 1. The number of nitrogens with one attached hydrogen (secondary N) is 1. The van der Waals surface area contributed by atoms with E-state index in [4.69, 9.17) is 11.6 Å². The van der Waals surface area contributed by atoms with Crippen LogP contribution in [0.5, 0.6) is 5.75 Å². The van der Waals surface area contributed by atoms with Gasteiger partial charge in [0.2, 0.25) is 0 Å². The van der Waals surface area contributed by atoms with Crippen molar-refractivity contribution in [1.29, 1.82) is 0 Å². The van der Waals surface area contributed by atoms with Crippen molar-refractivity contribution < 1.29 is 14.3 Å². The van der Waals surface area contributed by atoms with Gasteiger partial charge in [-0.15, -0.1) is 0 Å². The van der Waals surface area contributed by atoms with Crippen LogP contribution >= 0.6 is 11.6 Å². The molecule has 0 bridgehead atoms. The van der Waals surface area contributed by atoms with E-state index in [1.807, 2.05) is 0 Å². The summed E-state index contributed by atoms with van der Waals surface area (Å²) in [5, 5.41) is 12.5. The van der Waals surface area contributed by atoms with Crippen molar-refractivity contribution in [3.05, 3.63) is 64.4 Å². The second-order valence-electron chi connectivity index (χ2n) is 3.94. The molecule has 0 spiro atoms. The first kappa shape index (κ1) is 13.4. The van der Waals surface area contributed by atoms with Crippen LogP contribution in [0.15, 0.2) is 42.5 Å². The highest BCUT2D eigenvalue weighted by Crippen LogP contribution is 2.21. The van der Waals surface area contributed by atoms with Gasteiger partial charge in [0.25, 0.3) is 5.91 Å². The summed E-state index contributed by atoms with van der Waals surface area (Å²) in [5.74, 6) is -1.08. The second-order valence-corrected chi connectivity index (χ2v) is 4.37. The summed E-state index contributed by atoms with van der Waals surface area (Å²) in [6, 6.07) is 10.3. The first-order valence-corrected chi connectivity index (χ1v) is 5.96. The molecule has 3 nitrogen and oxygen atoms in total. The maximum absolute atomic E-state index is 13.4. The normalized spacial score (nSPS) is 10.2. The lowest BCUT2D eigenvalue weighted by atomic mass is 10.1. The van der Waals surface area contributed by atoms with E-state index in [1.165, 1.54) is 24.3 Å². The molecule has 0 saturated carbocycles. The van der Waals surface area contributed by atoms with Crippen LogP contribution in [0.2, 0.25) is 5.02 Å². The fourth-order valence-corrected chi connectivity index (χ4v) is 1.78. The van der Waals surface area contributed by atoms with E-state index in [2.05, 4.69) is 5.32 Å². The zero-order chi connectivity index (χ0) is 13.8. The van der Waals surface area contributed by atoms with Crippen molar-refractivity contribution in [3.63, 3.8) is 0 Å². The molecule has 98 valence electrons. The Morgan fingerprint density at radius 1 is 1.26 bits per heavy atom. The molecule has 0 heterocycles. The molecular formula is C14H11ClFNO2. The van der Waals surface area contributed by atoms with Gasteiger partial charge < -0.3 is 10.4 Å². The molecule has 0 saturated heterocycles. The SMILES string of the molecule is O=C(NCc1ccccc1F)c1ccc(Cl)cc1O. The standard InChI is InChI=1S/C14H11ClFNO2/c15-10-5-6-11(13(18)7-10)14(19)17-8-9-3-1-2-4-12(9)16/h1-7,18H,8H2,(H,17,19). The molecule has 0 atom stereocenters. The van der Waals surface area contributed by atoms with Crippen LogP contribution in [0.3, 0.4) is 0 Å². The number of amides is 1. The third kappa shape index (κ3) is 3.23. The Morgan fingerprint density at radius 3 is 2.68 bits per heavy atom. The van der Waals surface area contributed by atoms with Gasteiger partial charge in [-0.3, -0.25) is 4.79 Å². The predicted octanol–water partition coefficient (Wildman–Crippen LogP) is 3.11. The summed E-state index contributed by atoms with van der Waals surface area (Å²) in [6.45, 7) is 0.0492. The zero-order valence-electron chi connectivity index (χ0n) is 9.86. The lowest BCUT2D eigenvalue weighted by Gasteiger charge is -2.07. The van der Waals surface area contributed by atoms with E-state index < -0.39 is 5.91 Å². The predicted molar refractivity (Wildman–Crippen MR) is 70.7 cm³/mol. The topological polar surface area (TPSA) is 49.3 Å². The molecule has 0 aliphatic carbocycles. The lowest BCUT2D eigenvalue weighted by molar-refractivity contribution is 0.0948. The summed E-state index contributed by atoms with van der Waals surface area (Å²) in [4.78, 5) is 11.8. The van der Waals surface area contributed by atoms with E-state index in [0.717, 1.165) is 0 Å². The first-order valence-electron chi connectivity index (χ1n) is 5.58. The van der Waals surface area contributed by atoms with E-state index in [0.29, 0.717) is 10.6 Å². The molecule has 19 heavy (non-hydrogen) atoms. The average molecular weight is 280 g/mol. The Balaban J connectivity index is 2.08. The van der Waals surface area contributed by atoms with Crippen LogP contribution in [-0.4, -0.2) is 11.0 Å². The van der Waals surface area contributed by atoms with Gasteiger partial charge in [0, 0.05) is 17.1 Å². The number of benzene rings is 2. The Morgan fingerprint density at radius 2 is 2.00 bits per heavy atom. The molecule has 0 radical (unpaired) electrons. The van der Waals surface area contributed by atoms with Gasteiger partial charge in [-0.2, -0.15) is 0 Å². The van der Waals surface area contributed by atoms with Gasteiger partial charge >= 0.3 is 0 Å². The van der Waals surface area contributed by atoms with Gasteiger partial charge in [-0.1, -0.05) is 29.8 Å². The number of hydrogen-bond donors (Lipinski definition) is 2. The molecular weight excluding hydrogens is 269 g/mol.